The highest BCUT2D eigenvalue weighted by molar-refractivity contribution is 7.80. The minimum absolute atomic E-state index is 0.0376. The molecule has 102 valence electrons. The van der Waals surface area contributed by atoms with Gasteiger partial charge in [0.2, 0.25) is 0 Å². The van der Waals surface area contributed by atoms with Gasteiger partial charge >= 0.3 is 5.97 Å². The number of carboxylic acid groups (broad SMARTS) is 1. The lowest BCUT2D eigenvalue weighted by atomic mass is 10.0. The second-order valence-corrected chi connectivity index (χ2v) is 4.86. The lowest BCUT2D eigenvalue weighted by molar-refractivity contribution is 0.0698. The number of nitrogens with one attached hydrogen (secondary N) is 1. The number of hydrogen-bond acceptors (Lipinski definition) is 2. The van der Waals surface area contributed by atoms with E-state index in [9.17, 15) is 9.90 Å². The Hall–Kier alpha value is -2.40. The van der Waals surface area contributed by atoms with Crippen LogP contribution >= 0.6 is 12.2 Å². The van der Waals surface area contributed by atoms with Gasteiger partial charge in [-0.1, -0.05) is 35.9 Å². The zero-order valence-electron chi connectivity index (χ0n) is 10.9. The Bertz CT molecular complexity index is 666. The quantitative estimate of drug-likeness (QED) is 0.756. The molecular weight excluding hydrogens is 272 g/mol. The number of rotatable bonds is 3. The van der Waals surface area contributed by atoms with Crippen molar-refractivity contribution in [3.8, 4) is 11.1 Å². The highest BCUT2D eigenvalue weighted by Gasteiger charge is 2.12. The fourth-order valence-electron chi connectivity index (χ4n) is 1.89. The fourth-order valence-corrected chi connectivity index (χ4v) is 2.00. The summed E-state index contributed by atoms with van der Waals surface area (Å²) in [6.07, 6.45) is 0. The third-order valence-corrected chi connectivity index (χ3v) is 2.99. The average Bonchev–Trinajstić information content (AvgIpc) is 2.39. The van der Waals surface area contributed by atoms with Gasteiger partial charge < -0.3 is 16.2 Å². The Kier molecular flexibility index (Phi) is 4.00. The summed E-state index contributed by atoms with van der Waals surface area (Å²) >= 11 is 4.74. The lowest BCUT2D eigenvalue weighted by Gasteiger charge is -2.10. The second-order valence-electron chi connectivity index (χ2n) is 4.42. The number of nitrogens with two attached hydrogens (primary N) is 1. The van der Waals surface area contributed by atoms with Crippen LogP contribution in [0.1, 0.15) is 15.9 Å². The van der Waals surface area contributed by atoms with Crippen LogP contribution in [0.3, 0.4) is 0 Å². The van der Waals surface area contributed by atoms with Gasteiger partial charge in [0.15, 0.2) is 5.11 Å². The van der Waals surface area contributed by atoms with Gasteiger partial charge in [0.25, 0.3) is 0 Å². The molecule has 2 aromatic rings. The first-order chi connectivity index (χ1) is 9.47. The molecule has 2 aromatic carbocycles. The molecule has 0 aliphatic rings. The Morgan fingerprint density at radius 1 is 1.15 bits per heavy atom. The number of hydrogen-bond donors (Lipinski definition) is 3. The molecule has 0 aliphatic heterocycles. The van der Waals surface area contributed by atoms with Gasteiger partial charge in [0.1, 0.15) is 0 Å². The number of aromatic carboxylic acids is 1. The summed E-state index contributed by atoms with van der Waals surface area (Å²) in [5.41, 5.74) is 8.85. The summed E-state index contributed by atoms with van der Waals surface area (Å²) in [7, 11) is 0. The monoisotopic (exact) mass is 286 g/mol. The van der Waals surface area contributed by atoms with Crippen LogP contribution in [0, 0.1) is 6.92 Å². The van der Waals surface area contributed by atoms with Crippen LogP contribution in [0.15, 0.2) is 42.5 Å². The summed E-state index contributed by atoms with van der Waals surface area (Å²) in [5.74, 6) is -1.03. The van der Waals surface area contributed by atoms with Crippen LogP contribution in [0.5, 0.6) is 0 Å². The third kappa shape index (κ3) is 3.13. The molecule has 0 aromatic heterocycles. The number of thiocarbonyl (C=S) groups is 1. The summed E-state index contributed by atoms with van der Waals surface area (Å²) in [6.45, 7) is 2.00. The molecular formula is C15H14N2O2S. The van der Waals surface area contributed by atoms with Gasteiger partial charge in [-0.25, -0.2) is 4.79 Å². The maximum Gasteiger partial charge on any atom is 0.337 e. The maximum atomic E-state index is 11.3. The van der Waals surface area contributed by atoms with Crippen LogP contribution in [0.25, 0.3) is 11.1 Å². The number of anilines is 1. The van der Waals surface area contributed by atoms with Crippen LogP contribution in [0.2, 0.25) is 0 Å². The molecule has 20 heavy (non-hydrogen) atoms. The van der Waals surface area contributed by atoms with E-state index >= 15 is 0 Å². The summed E-state index contributed by atoms with van der Waals surface area (Å²) in [6, 6.07) is 13.0. The highest BCUT2D eigenvalue weighted by Crippen LogP contribution is 2.25. The molecule has 0 saturated carbocycles. The van der Waals surface area contributed by atoms with Crippen molar-refractivity contribution in [1.29, 1.82) is 0 Å². The molecule has 0 spiro atoms. The van der Waals surface area contributed by atoms with Crippen LogP contribution in [-0.2, 0) is 0 Å². The predicted octanol–water partition coefficient (Wildman–Crippen LogP) is 3.02. The number of carbonyl (C=O) groups is 1. The van der Waals surface area contributed by atoms with E-state index < -0.39 is 5.97 Å². The van der Waals surface area contributed by atoms with Crippen LogP contribution in [-0.4, -0.2) is 16.2 Å². The Labute approximate surface area is 122 Å². The normalized spacial score (nSPS) is 10.1. The molecule has 0 aliphatic carbocycles. The first-order valence-electron chi connectivity index (χ1n) is 5.98. The van der Waals surface area contributed by atoms with Crippen molar-refractivity contribution >= 4 is 29.0 Å². The topological polar surface area (TPSA) is 75.3 Å². The van der Waals surface area contributed by atoms with Crippen molar-refractivity contribution in [3.63, 3.8) is 0 Å². The first-order valence-corrected chi connectivity index (χ1v) is 6.39. The van der Waals surface area contributed by atoms with Gasteiger partial charge in [-0.15, -0.1) is 0 Å². The van der Waals surface area contributed by atoms with Crippen molar-refractivity contribution in [2.45, 2.75) is 6.92 Å². The Morgan fingerprint density at radius 3 is 2.30 bits per heavy atom. The van der Waals surface area contributed by atoms with E-state index in [1.807, 2.05) is 37.3 Å². The summed E-state index contributed by atoms with van der Waals surface area (Å²) in [5, 5.41) is 12.0. The minimum Gasteiger partial charge on any atom is -0.478 e. The molecule has 0 atom stereocenters. The van der Waals surface area contributed by atoms with Crippen molar-refractivity contribution in [2.24, 2.45) is 5.73 Å². The lowest BCUT2D eigenvalue weighted by Crippen LogP contribution is -2.20. The van der Waals surface area contributed by atoms with Gasteiger partial charge in [0.05, 0.1) is 11.3 Å². The Morgan fingerprint density at radius 2 is 1.75 bits per heavy atom. The number of benzene rings is 2. The van der Waals surface area contributed by atoms with E-state index in [1.165, 1.54) is 0 Å². The van der Waals surface area contributed by atoms with E-state index in [0.29, 0.717) is 5.69 Å². The molecule has 2 rings (SSSR count). The number of carboxylic acids is 1. The molecule has 0 bridgehead atoms. The van der Waals surface area contributed by atoms with Crippen molar-refractivity contribution in [1.82, 2.24) is 0 Å². The Balaban J connectivity index is 2.47. The largest absolute Gasteiger partial charge is 0.478 e. The zero-order chi connectivity index (χ0) is 14.7. The molecule has 0 unspecified atom stereocenters. The number of aryl methyl sites for hydroxylation is 1. The maximum absolute atomic E-state index is 11.3. The molecule has 0 saturated heterocycles. The van der Waals surface area contributed by atoms with Crippen LogP contribution in [0.4, 0.5) is 5.69 Å². The fraction of sp³-hybridized carbons (Fsp3) is 0.0667. The molecule has 0 radical (unpaired) electrons. The van der Waals surface area contributed by atoms with Crippen molar-refractivity contribution in [3.05, 3.63) is 53.6 Å². The van der Waals surface area contributed by atoms with Gasteiger partial charge in [-0.05, 0) is 42.4 Å². The van der Waals surface area contributed by atoms with E-state index in [1.54, 1.807) is 12.1 Å². The molecule has 5 heteroatoms. The second kappa shape index (κ2) is 5.71. The van der Waals surface area contributed by atoms with Crippen molar-refractivity contribution in [2.75, 3.05) is 5.32 Å². The molecule has 4 N–H and O–H groups in total. The van der Waals surface area contributed by atoms with Gasteiger partial charge in [-0.3, -0.25) is 0 Å². The van der Waals surface area contributed by atoms with Gasteiger partial charge in [-0.2, -0.15) is 0 Å². The standard InChI is InChI=1S/C15H14N2O2S/c1-9-2-4-10(5-3-9)11-6-7-13(17-15(16)20)12(8-11)14(18)19/h2-8H,1H3,(H,18,19)(H3,16,17,20). The molecule has 0 amide bonds. The van der Waals surface area contributed by atoms with Gasteiger partial charge in [0, 0.05) is 0 Å². The minimum atomic E-state index is -1.03. The molecule has 0 heterocycles. The summed E-state index contributed by atoms with van der Waals surface area (Å²) < 4.78 is 0. The highest BCUT2D eigenvalue weighted by atomic mass is 32.1. The summed E-state index contributed by atoms with van der Waals surface area (Å²) in [4.78, 5) is 11.3. The van der Waals surface area contributed by atoms with Crippen molar-refractivity contribution < 1.29 is 9.90 Å². The average molecular weight is 286 g/mol. The van der Waals surface area contributed by atoms with Crippen LogP contribution < -0.4 is 11.1 Å². The SMILES string of the molecule is Cc1ccc(-c2ccc(NC(N)=S)c(C(=O)O)c2)cc1. The first kappa shape index (κ1) is 14.0. The zero-order valence-corrected chi connectivity index (χ0v) is 11.7. The molecule has 4 nitrogen and oxygen atoms in total. The third-order valence-electron chi connectivity index (χ3n) is 2.89. The molecule has 0 fully saturated rings. The van der Waals surface area contributed by atoms with E-state index in [-0.39, 0.29) is 10.7 Å². The van der Waals surface area contributed by atoms with E-state index in [4.69, 9.17) is 18.0 Å². The van der Waals surface area contributed by atoms with E-state index in [0.717, 1.165) is 16.7 Å². The smallest absolute Gasteiger partial charge is 0.337 e. The predicted molar refractivity (Wildman–Crippen MR) is 84.0 cm³/mol. The van der Waals surface area contributed by atoms with E-state index in [2.05, 4.69) is 5.32 Å².